The molecule has 0 heterocycles. The molecule has 0 aliphatic rings. The molecule has 0 aliphatic heterocycles. The molecule has 0 bridgehead atoms. The number of aliphatic hydroxyl groups excluding tert-OH is 4. The normalized spacial score (nSPS) is 14.0. The molecule has 4 atom stereocenters. The molecule has 4 unspecified atom stereocenters. The number of amides is 1. The van der Waals surface area contributed by atoms with E-state index in [0.717, 1.165) is 38.5 Å². The summed E-state index contributed by atoms with van der Waals surface area (Å²) >= 11 is 0. The molecular weight excluding hydrogens is 803 g/mol. The quantitative estimate of drug-likeness (QED) is 0.0308. The summed E-state index contributed by atoms with van der Waals surface area (Å²) in [4.78, 5) is 12.6. The number of hydrogen-bond donors (Lipinski definition) is 5. The van der Waals surface area contributed by atoms with Crippen LogP contribution in [0, 0.1) is 0 Å². The van der Waals surface area contributed by atoms with Crippen molar-refractivity contribution in [2.24, 2.45) is 0 Å². The van der Waals surface area contributed by atoms with Crippen LogP contribution in [0.5, 0.6) is 0 Å². The number of hydrogen-bond acceptors (Lipinski definition) is 5. The minimum Gasteiger partial charge on any atom is -0.394 e. The van der Waals surface area contributed by atoms with Crippen LogP contribution in [-0.2, 0) is 4.79 Å². The van der Waals surface area contributed by atoms with E-state index in [2.05, 4.69) is 55.6 Å². The molecule has 0 fully saturated rings. The van der Waals surface area contributed by atoms with Crippen molar-refractivity contribution >= 4 is 5.91 Å². The van der Waals surface area contributed by atoms with Crippen molar-refractivity contribution in [1.82, 2.24) is 5.32 Å². The van der Waals surface area contributed by atoms with Gasteiger partial charge in [0.05, 0.1) is 18.8 Å². The summed E-state index contributed by atoms with van der Waals surface area (Å²) in [5.74, 6) is -0.594. The Bertz CT molecular complexity index is 1030. The first-order chi connectivity index (χ1) is 32.0. The van der Waals surface area contributed by atoms with Gasteiger partial charge in [0.15, 0.2) is 0 Å². The van der Waals surface area contributed by atoms with Gasteiger partial charge >= 0.3 is 0 Å². The summed E-state index contributed by atoms with van der Waals surface area (Å²) < 4.78 is 0. The molecule has 0 saturated heterocycles. The van der Waals surface area contributed by atoms with Crippen LogP contribution in [0.2, 0.25) is 0 Å². The fraction of sp³-hybridized carbons (Fsp3) is 0.881. The zero-order valence-corrected chi connectivity index (χ0v) is 43.5. The number of allylic oxidation sites excluding steroid dienone is 6. The number of aliphatic hydroxyl groups is 4. The lowest BCUT2D eigenvalue weighted by Crippen LogP contribution is -2.53. The Morgan fingerprint density at radius 3 is 0.969 bits per heavy atom. The van der Waals surface area contributed by atoms with Gasteiger partial charge in [-0.3, -0.25) is 4.79 Å². The second kappa shape index (κ2) is 53.5. The number of unbranched alkanes of at least 4 members (excludes halogenated alkanes) is 38. The highest BCUT2D eigenvalue weighted by atomic mass is 16.3. The zero-order valence-electron chi connectivity index (χ0n) is 43.5. The maximum absolute atomic E-state index is 12.6. The van der Waals surface area contributed by atoms with E-state index < -0.39 is 36.9 Å². The van der Waals surface area contributed by atoms with Gasteiger partial charge in [0.2, 0.25) is 5.91 Å². The van der Waals surface area contributed by atoms with Crippen molar-refractivity contribution in [3.8, 4) is 0 Å². The Kier molecular flexibility index (Phi) is 52.3. The van der Waals surface area contributed by atoms with Gasteiger partial charge in [-0.2, -0.15) is 0 Å². The second-order valence-corrected chi connectivity index (χ2v) is 20.0. The molecule has 5 N–H and O–H groups in total. The van der Waals surface area contributed by atoms with Gasteiger partial charge in [0.1, 0.15) is 12.2 Å². The van der Waals surface area contributed by atoms with Gasteiger partial charge < -0.3 is 25.7 Å². The smallest absolute Gasteiger partial charge is 0.249 e. The third-order valence-corrected chi connectivity index (χ3v) is 13.6. The summed E-state index contributed by atoms with van der Waals surface area (Å²) in [6.45, 7) is 4.06. The summed E-state index contributed by atoms with van der Waals surface area (Å²) in [5, 5.41) is 43.9. The minimum absolute atomic E-state index is 0.362. The predicted octanol–water partition coefficient (Wildman–Crippen LogP) is 16.8. The van der Waals surface area contributed by atoms with Gasteiger partial charge in [-0.15, -0.1) is 0 Å². The van der Waals surface area contributed by atoms with Crippen LogP contribution in [0.15, 0.2) is 36.5 Å². The van der Waals surface area contributed by atoms with Gasteiger partial charge in [-0.05, 0) is 77.0 Å². The van der Waals surface area contributed by atoms with Gasteiger partial charge in [-0.1, -0.05) is 262 Å². The first-order valence-electron chi connectivity index (χ1n) is 28.9. The molecule has 6 heteroatoms. The van der Waals surface area contributed by atoms with E-state index in [-0.39, 0.29) is 0 Å². The van der Waals surface area contributed by atoms with Crippen molar-refractivity contribution < 1.29 is 25.2 Å². The second-order valence-electron chi connectivity index (χ2n) is 20.0. The zero-order chi connectivity index (χ0) is 47.4. The molecule has 0 aromatic rings. The van der Waals surface area contributed by atoms with Crippen LogP contribution in [0.1, 0.15) is 303 Å². The van der Waals surface area contributed by atoms with Crippen LogP contribution < -0.4 is 5.32 Å². The molecule has 0 radical (unpaired) electrons. The van der Waals surface area contributed by atoms with Crippen LogP contribution in [0.3, 0.4) is 0 Å². The molecule has 0 aliphatic carbocycles. The standard InChI is InChI=1S/C59H113NO5/c1-3-5-7-9-11-13-15-17-19-21-23-24-25-26-27-28-29-30-31-32-33-34-35-37-39-41-43-45-47-49-51-53-57(63)59(65)60-55(54-61)58(64)56(62)52-50-48-46-44-42-40-38-36-22-20-18-16-14-12-10-8-6-4-2/h26-27,36,38,44,46,55-58,61-64H,3-25,28-35,37,39-43,45,47-54H2,1-2H3,(H,60,65)/b27-26-,38-36+,46-44+. The van der Waals surface area contributed by atoms with E-state index in [9.17, 15) is 25.2 Å². The summed E-state index contributed by atoms with van der Waals surface area (Å²) in [5.41, 5.74) is 0. The van der Waals surface area contributed by atoms with E-state index in [0.29, 0.717) is 19.3 Å². The molecule has 0 rings (SSSR count). The molecule has 65 heavy (non-hydrogen) atoms. The fourth-order valence-corrected chi connectivity index (χ4v) is 9.01. The summed E-state index contributed by atoms with van der Waals surface area (Å²) in [6.07, 6.45) is 66.5. The Balaban J connectivity index is 3.62. The Morgan fingerprint density at radius 1 is 0.369 bits per heavy atom. The van der Waals surface area contributed by atoms with E-state index in [4.69, 9.17) is 0 Å². The molecule has 384 valence electrons. The lowest BCUT2D eigenvalue weighted by molar-refractivity contribution is -0.132. The SMILES string of the molecule is CCCCCCCCCCC/C=C/CC/C=C/CCCC(O)C(O)C(CO)NC(=O)C(O)CCCCCCCCCCCCCCCCC/C=C\CCCCCCCCCCCCCC. The topological polar surface area (TPSA) is 110 Å². The highest BCUT2D eigenvalue weighted by Crippen LogP contribution is 2.17. The van der Waals surface area contributed by atoms with Crippen molar-refractivity contribution in [2.45, 2.75) is 327 Å². The van der Waals surface area contributed by atoms with Gasteiger partial charge in [-0.25, -0.2) is 0 Å². The van der Waals surface area contributed by atoms with Crippen molar-refractivity contribution in [3.63, 3.8) is 0 Å². The van der Waals surface area contributed by atoms with Gasteiger partial charge in [0.25, 0.3) is 0 Å². The van der Waals surface area contributed by atoms with E-state index in [1.54, 1.807) is 0 Å². The summed E-state index contributed by atoms with van der Waals surface area (Å²) in [7, 11) is 0. The summed E-state index contributed by atoms with van der Waals surface area (Å²) in [6, 6.07) is -1.01. The highest BCUT2D eigenvalue weighted by molar-refractivity contribution is 5.80. The van der Waals surface area contributed by atoms with E-state index >= 15 is 0 Å². The predicted molar refractivity (Wildman–Crippen MR) is 284 cm³/mol. The van der Waals surface area contributed by atoms with Crippen LogP contribution in [-0.4, -0.2) is 57.3 Å². The lowest BCUT2D eigenvalue weighted by Gasteiger charge is -2.27. The Morgan fingerprint density at radius 2 is 0.646 bits per heavy atom. The number of carbonyl (C=O) groups excluding carboxylic acids is 1. The third-order valence-electron chi connectivity index (χ3n) is 13.6. The van der Waals surface area contributed by atoms with Crippen molar-refractivity contribution in [2.75, 3.05) is 6.61 Å². The van der Waals surface area contributed by atoms with Gasteiger partial charge in [0, 0.05) is 0 Å². The third kappa shape index (κ3) is 47.4. The molecule has 0 aromatic carbocycles. The van der Waals surface area contributed by atoms with Crippen LogP contribution in [0.4, 0.5) is 0 Å². The molecule has 0 spiro atoms. The largest absolute Gasteiger partial charge is 0.394 e. The monoisotopic (exact) mass is 916 g/mol. The highest BCUT2D eigenvalue weighted by Gasteiger charge is 2.28. The molecule has 0 saturated carbocycles. The molecular formula is C59H113NO5. The van der Waals surface area contributed by atoms with E-state index in [1.807, 2.05) is 0 Å². The number of nitrogens with one attached hydrogen (secondary N) is 1. The maximum atomic E-state index is 12.6. The molecule has 1 amide bonds. The minimum atomic E-state index is -1.29. The van der Waals surface area contributed by atoms with E-state index in [1.165, 1.54) is 231 Å². The fourth-order valence-electron chi connectivity index (χ4n) is 9.01. The average molecular weight is 917 g/mol. The van der Waals surface area contributed by atoms with Crippen molar-refractivity contribution in [3.05, 3.63) is 36.5 Å². The Hall–Kier alpha value is -1.47. The number of carbonyl (C=O) groups is 1. The maximum Gasteiger partial charge on any atom is 0.249 e. The van der Waals surface area contributed by atoms with Crippen LogP contribution >= 0.6 is 0 Å². The van der Waals surface area contributed by atoms with Crippen molar-refractivity contribution in [1.29, 1.82) is 0 Å². The number of rotatable bonds is 53. The lowest BCUT2D eigenvalue weighted by atomic mass is 10.00. The average Bonchev–Trinajstić information content (AvgIpc) is 3.31. The Labute approximate surface area is 405 Å². The molecule has 0 aromatic heterocycles. The van der Waals surface area contributed by atoms with Crippen LogP contribution in [0.25, 0.3) is 0 Å². The first kappa shape index (κ1) is 63.5. The molecule has 6 nitrogen and oxygen atoms in total. The first-order valence-corrected chi connectivity index (χ1v) is 28.9.